The van der Waals surface area contributed by atoms with Crippen LogP contribution >= 0.6 is 0 Å². The van der Waals surface area contributed by atoms with Crippen molar-refractivity contribution in [3.63, 3.8) is 0 Å². The van der Waals surface area contributed by atoms with Crippen LogP contribution in [0.5, 0.6) is 0 Å². The molecule has 0 saturated carbocycles. The van der Waals surface area contributed by atoms with Gasteiger partial charge in [0.2, 0.25) is 5.91 Å². The largest absolute Gasteiger partial charge is 0.398 e. The lowest BCUT2D eigenvalue weighted by molar-refractivity contribution is -0.120. The predicted octanol–water partition coefficient (Wildman–Crippen LogP) is 2.05. The number of hydrogen-bond acceptors (Lipinski definition) is 3. The molecule has 1 fully saturated rings. The summed E-state index contributed by atoms with van der Waals surface area (Å²) < 4.78 is 0. The minimum absolute atomic E-state index is 0.0541. The van der Waals surface area contributed by atoms with Gasteiger partial charge in [-0.2, -0.15) is 0 Å². The van der Waals surface area contributed by atoms with Crippen molar-refractivity contribution < 1.29 is 4.79 Å². The van der Waals surface area contributed by atoms with Gasteiger partial charge in [0.1, 0.15) is 0 Å². The van der Waals surface area contributed by atoms with E-state index < -0.39 is 0 Å². The van der Waals surface area contributed by atoms with Crippen molar-refractivity contribution in [2.75, 3.05) is 31.9 Å². The number of nitrogens with zero attached hydrogens (tertiary/aromatic N) is 1. The van der Waals surface area contributed by atoms with E-state index in [1.165, 1.54) is 32.4 Å². The highest BCUT2D eigenvalue weighted by Crippen LogP contribution is 2.12. The summed E-state index contributed by atoms with van der Waals surface area (Å²) in [5, 5.41) is 3.03. The molecule has 1 aliphatic heterocycles. The lowest BCUT2D eigenvalue weighted by Gasteiger charge is -2.29. The summed E-state index contributed by atoms with van der Waals surface area (Å²) in [4.78, 5) is 14.5. The van der Waals surface area contributed by atoms with Crippen LogP contribution in [0.4, 0.5) is 5.69 Å². The summed E-state index contributed by atoms with van der Waals surface area (Å²) in [7, 11) is 0. The van der Waals surface area contributed by atoms with E-state index >= 15 is 0 Å². The van der Waals surface area contributed by atoms with Crippen LogP contribution in [0.15, 0.2) is 24.3 Å². The maximum absolute atomic E-state index is 12.0. The fourth-order valence-electron chi connectivity index (χ4n) is 2.87. The Bertz CT molecular complexity index is 455. The van der Waals surface area contributed by atoms with Crippen LogP contribution in [-0.4, -0.2) is 37.0 Å². The van der Waals surface area contributed by atoms with Crippen molar-refractivity contribution in [3.05, 3.63) is 29.8 Å². The van der Waals surface area contributed by atoms with Crippen LogP contribution in [0.3, 0.4) is 0 Å². The topological polar surface area (TPSA) is 58.4 Å². The van der Waals surface area contributed by atoms with E-state index in [2.05, 4.69) is 17.1 Å². The molecule has 1 aromatic carbocycles. The molecule has 21 heavy (non-hydrogen) atoms. The molecule has 1 aromatic rings. The second-order valence-corrected chi connectivity index (χ2v) is 6.15. The van der Waals surface area contributed by atoms with Crippen LogP contribution in [0.2, 0.25) is 0 Å². The number of piperidine rings is 1. The average Bonchev–Trinajstić information content (AvgIpc) is 2.49. The Morgan fingerprint density at radius 3 is 2.71 bits per heavy atom. The smallest absolute Gasteiger partial charge is 0.224 e. The molecule has 1 aliphatic rings. The van der Waals surface area contributed by atoms with Crippen LogP contribution in [0, 0.1) is 5.92 Å². The summed E-state index contributed by atoms with van der Waals surface area (Å²) in [5.74, 6) is 0.540. The van der Waals surface area contributed by atoms with Crippen LogP contribution in [-0.2, 0) is 11.2 Å². The number of nitrogen functional groups attached to an aromatic ring is 1. The number of carbonyl (C=O) groups excluding carboxylic acids is 1. The van der Waals surface area contributed by atoms with Gasteiger partial charge in [-0.25, -0.2) is 0 Å². The van der Waals surface area contributed by atoms with E-state index in [0.29, 0.717) is 18.0 Å². The molecule has 2 rings (SSSR count). The maximum Gasteiger partial charge on any atom is 0.224 e. The van der Waals surface area contributed by atoms with Crippen molar-refractivity contribution in [1.29, 1.82) is 0 Å². The van der Waals surface area contributed by atoms with Gasteiger partial charge in [-0.15, -0.1) is 0 Å². The first-order valence-electron chi connectivity index (χ1n) is 7.97. The maximum atomic E-state index is 12.0. The van der Waals surface area contributed by atoms with Crippen LogP contribution in [0.1, 0.15) is 31.7 Å². The quantitative estimate of drug-likeness (QED) is 0.788. The first kappa shape index (κ1) is 15.8. The zero-order chi connectivity index (χ0) is 15.1. The number of likely N-dealkylation sites (tertiary alicyclic amines) is 1. The molecule has 0 aromatic heterocycles. The summed E-state index contributed by atoms with van der Waals surface area (Å²) in [6.07, 6.45) is 4.35. The standard InChI is InChI=1S/C17H27N3O/c1-14(13-20-9-5-2-6-10-20)12-19-17(21)11-15-7-3-4-8-16(15)18/h3-4,7-8,14H,2,5-6,9-13,18H2,1H3,(H,19,21). The minimum Gasteiger partial charge on any atom is -0.398 e. The predicted molar refractivity (Wildman–Crippen MR) is 87.0 cm³/mol. The highest BCUT2D eigenvalue weighted by molar-refractivity contribution is 5.80. The molecule has 0 radical (unpaired) electrons. The fourth-order valence-corrected chi connectivity index (χ4v) is 2.87. The van der Waals surface area contributed by atoms with Gasteiger partial charge in [0.15, 0.2) is 0 Å². The normalized spacial score (nSPS) is 17.4. The summed E-state index contributed by atoms with van der Waals surface area (Å²) in [6.45, 7) is 6.43. The number of para-hydroxylation sites is 1. The van der Waals surface area contributed by atoms with Crippen LogP contribution < -0.4 is 11.1 Å². The van der Waals surface area contributed by atoms with Gasteiger partial charge in [0.05, 0.1) is 6.42 Å². The third kappa shape index (κ3) is 5.38. The zero-order valence-electron chi connectivity index (χ0n) is 13.0. The second kappa shape index (κ2) is 8.03. The van der Waals surface area contributed by atoms with E-state index in [1.54, 1.807) is 0 Å². The van der Waals surface area contributed by atoms with Crippen LogP contribution in [0.25, 0.3) is 0 Å². The molecule has 3 N–H and O–H groups in total. The molecule has 116 valence electrons. The van der Waals surface area contributed by atoms with E-state index in [9.17, 15) is 4.79 Å². The molecule has 0 bridgehead atoms. The summed E-state index contributed by atoms with van der Waals surface area (Å²) >= 11 is 0. The lowest BCUT2D eigenvalue weighted by atomic mass is 10.1. The number of amides is 1. The van der Waals surface area contributed by atoms with Crippen molar-refractivity contribution >= 4 is 11.6 Å². The highest BCUT2D eigenvalue weighted by Gasteiger charge is 2.14. The number of carbonyl (C=O) groups is 1. The minimum atomic E-state index is 0.0541. The molecule has 0 spiro atoms. The molecule has 1 atom stereocenters. The Kier molecular flexibility index (Phi) is 6.05. The van der Waals surface area contributed by atoms with Gasteiger partial charge in [0, 0.05) is 18.8 Å². The number of nitrogens with two attached hydrogens (primary N) is 1. The molecule has 4 nitrogen and oxygen atoms in total. The van der Waals surface area contributed by atoms with E-state index in [4.69, 9.17) is 5.73 Å². The van der Waals surface area contributed by atoms with Gasteiger partial charge in [-0.1, -0.05) is 31.5 Å². The molecule has 1 amide bonds. The Hall–Kier alpha value is -1.55. The van der Waals surface area contributed by atoms with E-state index in [-0.39, 0.29) is 5.91 Å². The molecular weight excluding hydrogens is 262 g/mol. The zero-order valence-corrected chi connectivity index (χ0v) is 13.0. The number of benzene rings is 1. The van der Waals surface area contributed by atoms with Gasteiger partial charge >= 0.3 is 0 Å². The second-order valence-electron chi connectivity index (χ2n) is 6.15. The highest BCUT2D eigenvalue weighted by atomic mass is 16.1. The monoisotopic (exact) mass is 289 g/mol. The van der Waals surface area contributed by atoms with Gasteiger partial charge in [0.25, 0.3) is 0 Å². The number of hydrogen-bond donors (Lipinski definition) is 2. The van der Waals surface area contributed by atoms with Gasteiger partial charge in [-0.05, 0) is 43.5 Å². The third-order valence-electron chi connectivity index (χ3n) is 4.07. The summed E-state index contributed by atoms with van der Waals surface area (Å²) in [6, 6.07) is 7.54. The molecule has 4 heteroatoms. The van der Waals surface area contributed by atoms with Crippen molar-refractivity contribution in [2.24, 2.45) is 5.92 Å². The first-order chi connectivity index (χ1) is 10.1. The number of anilines is 1. The Labute approximate surface area is 127 Å². The van der Waals surface area contributed by atoms with E-state index in [0.717, 1.165) is 18.7 Å². The SMILES string of the molecule is CC(CNC(=O)Cc1ccccc1N)CN1CCCCC1. The molecule has 0 aliphatic carbocycles. The van der Waals surface area contributed by atoms with Gasteiger partial charge in [-0.3, -0.25) is 4.79 Å². The Morgan fingerprint density at radius 2 is 2.00 bits per heavy atom. The molecule has 1 saturated heterocycles. The lowest BCUT2D eigenvalue weighted by Crippen LogP contribution is -2.38. The Morgan fingerprint density at radius 1 is 1.29 bits per heavy atom. The van der Waals surface area contributed by atoms with E-state index in [1.807, 2.05) is 24.3 Å². The molecule has 1 heterocycles. The average molecular weight is 289 g/mol. The summed E-state index contributed by atoms with van der Waals surface area (Å²) in [5.41, 5.74) is 7.45. The third-order valence-corrected chi connectivity index (χ3v) is 4.07. The van der Waals surface area contributed by atoms with Crippen molar-refractivity contribution in [3.8, 4) is 0 Å². The first-order valence-corrected chi connectivity index (χ1v) is 7.97. The fraction of sp³-hybridized carbons (Fsp3) is 0.588. The number of rotatable bonds is 6. The number of nitrogens with one attached hydrogen (secondary N) is 1. The van der Waals surface area contributed by atoms with Gasteiger partial charge < -0.3 is 16.0 Å². The molecular formula is C17H27N3O. The molecule has 1 unspecified atom stereocenters. The van der Waals surface area contributed by atoms with Crippen molar-refractivity contribution in [1.82, 2.24) is 10.2 Å². The van der Waals surface area contributed by atoms with Crippen molar-refractivity contribution in [2.45, 2.75) is 32.6 Å². The Balaban J connectivity index is 1.69.